The van der Waals surface area contributed by atoms with Crippen LogP contribution in [0, 0.1) is 0 Å². The molecule has 35 heavy (non-hydrogen) atoms. The van der Waals surface area contributed by atoms with E-state index < -0.39 is 5.91 Å². The zero-order valence-corrected chi connectivity index (χ0v) is 21.2. The van der Waals surface area contributed by atoms with E-state index in [9.17, 15) is 9.59 Å². The summed E-state index contributed by atoms with van der Waals surface area (Å²) >= 11 is 5.29. The molecule has 0 aliphatic heterocycles. The van der Waals surface area contributed by atoms with E-state index in [1.165, 1.54) is 14.2 Å². The molecule has 3 aromatic rings. The van der Waals surface area contributed by atoms with E-state index in [1.807, 2.05) is 24.3 Å². The molecular weight excluding hydrogens is 462 g/mol. The van der Waals surface area contributed by atoms with Crippen LogP contribution in [0.5, 0.6) is 11.5 Å². The zero-order chi connectivity index (χ0) is 25.6. The molecule has 0 spiro atoms. The van der Waals surface area contributed by atoms with Crippen molar-refractivity contribution in [2.45, 2.75) is 26.2 Å². The van der Waals surface area contributed by atoms with Gasteiger partial charge in [0.1, 0.15) is 0 Å². The van der Waals surface area contributed by atoms with Crippen molar-refractivity contribution in [3.63, 3.8) is 0 Å². The molecule has 7 nitrogen and oxygen atoms in total. The number of rotatable bonds is 6. The van der Waals surface area contributed by atoms with E-state index in [0.29, 0.717) is 34.0 Å². The summed E-state index contributed by atoms with van der Waals surface area (Å²) in [5.74, 6) is 0.350. The largest absolute Gasteiger partial charge is 0.493 e. The molecule has 3 rings (SSSR count). The summed E-state index contributed by atoms with van der Waals surface area (Å²) in [7, 11) is 3.02. The van der Waals surface area contributed by atoms with Gasteiger partial charge in [0.05, 0.1) is 14.2 Å². The molecule has 0 bridgehead atoms. The van der Waals surface area contributed by atoms with Gasteiger partial charge in [-0.2, -0.15) is 0 Å². The lowest BCUT2D eigenvalue weighted by Gasteiger charge is -2.19. The maximum absolute atomic E-state index is 12.7. The average Bonchev–Trinajstić information content (AvgIpc) is 2.83. The van der Waals surface area contributed by atoms with Crippen LogP contribution in [0.1, 0.15) is 47.1 Å². The smallest absolute Gasteiger partial charge is 0.257 e. The highest BCUT2D eigenvalue weighted by molar-refractivity contribution is 7.80. The summed E-state index contributed by atoms with van der Waals surface area (Å²) in [6.07, 6.45) is 0. The van der Waals surface area contributed by atoms with Crippen LogP contribution in [0.3, 0.4) is 0 Å². The van der Waals surface area contributed by atoms with Gasteiger partial charge in [-0.1, -0.05) is 39.0 Å². The van der Waals surface area contributed by atoms with Gasteiger partial charge < -0.3 is 20.1 Å². The number of thiocarbonyl (C=S) groups is 1. The van der Waals surface area contributed by atoms with Crippen molar-refractivity contribution >= 4 is 40.5 Å². The van der Waals surface area contributed by atoms with Crippen molar-refractivity contribution in [2.24, 2.45) is 0 Å². The van der Waals surface area contributed by atoms with Gasteiger partial charge >= 0.3 is 0 Å². The van der Waals surface area contributed by atoms with Gasteiger partial charge in [-0.3, -0.25) is 14.9 Å². The Balaban J connectivity index is 1.62. The number of carbonyl (C=O) groups is 2. The first-order valence-corrected chi connectivity index (χ1v) is 11.4. The Morgan fingerprint density at radius 1 is 0.743 bits per heavy atom. The monoisotopic (exact) mass is 491 g/mol. The van der Waals surface area contributed by atoms with Gasteiger partial charge in [0.15, 0.2) is 16.6 Å². The minimum Gasteiger partial charge on any atom is -0.493 e. The molecule has 3 N–H and O–H groups in total. The maximum atomic E-state index is 12.7. The Morgan fingerprint density at radius 2 is 1.34 bits per heavy atom. The van der Waals surface area contributed by atoms with Crippen molar-refractivity contribution in [3.8, 4) is 11.5 Å². The molecule has 0 heterocycles. The third-order valence-electron chi connectivity index (χ3n) is 5.26. The minimum absolute atomic E-state index is 0.0162. The van der Waals surface area contributed by atoms with Crippen LogP contribution in [0.4, 0.5) is 11.4 Å². The summed E-state index contributed by atoms with van der Waals surface area (Å²) in [4.78, 5) is 25.3. The van der Waals surface area contributed by atoms with Crippen molar-refractivity contribution in [3.05, 3.63) is 83.4 Å². The van der Waals surface area contributed by atoms with Crippen molar-refractivity contribution in [1.82, 2.24) is 5.32 Å². The summed E-state index contributed by atoms with van der Waals surface area (Å²) in [5, 5.41) is 8.60. The molecule has 0 aliphatic carbocycles. The second kappa shape index (κ2) is 11.0. The number of hydrogen-bond donors (Lipinski definition) is 3. The molecule has 0 radical (unpaired) electrons. The molecule has 3 aromatic carbocycles. The molecule has 182 valence electrons. The van der Waals surface area contributed by atoms with Gasteiger partial charge in [-0.05, 0) is 71.7 Å². The van der Waals surface area contributed by atoms with Gasteiger partial charge in [0.25, 0.3) is 11.8 Å². The van der Waals surface area contributed by atoms with E-state index in [0.717, 1.165) is 5.56 Å². The van der Waals surface area contributed by atoms with Crippen LogP contribution < -0.4 is 25.4 Å². The Kier molecular flexibility index (Phi) is 8.09. The highest BCUT2D eigenvalue weighted by atomic mass is 32.1. The highest BCUT2D eigenvalue weighted by Crippen LogP contribution is 2.27. The zero-order valence-electron chi connectivity index (χ0n) is 20.4. The van der Waals surface area contributed by atoms with Crippen LogP contribution in [-0.2, 0) is 5.41 Å². The number of amides is 2. The van der Waals surface area contributed by atoms with Crippen LogP contribution in [0.15, 0.2) is 66.7 Å². The normalized spacial score (nSPS) is 10.8. The highest BCUT2D eigenvalue weighted by Gasteiger charge is 2.15. The first kappa shape index (κ1) is 25.7. The molecule has 0 unspecified atom stereocenters. The molecule has 0 fully saturated rings. The molecule has 0 saturated carbocycles. The van der Waals surface area contributed by atoms with Crippen LogP contribution >= 0.6 is 12.2 Å². The lowest BCUT2D eigenvalue weighted by molar-refractivity contribution is 0.0976. The standard InChI is InChI=1S/C27H29N3O4S/c1-27(2,3)19-12-9-17(10-13-19)24(31)28-20-7-6-8-21(16-20)29-26(35)30-25(32)18-11-14-22(33-4)23(15-18)34-5/h6-16H,1-5H3,(H,28,31)(H2,29,30,32,35). The molecule has 0 atom stereocenters. The molecule has 0 aromatic heterocycles. The molecule has 2 amide bonds. The number of ether oxygens (including phenoxy) is 2. The van der Waals surface area contributed by atoms with E-state index in [1.54, 1.807) is 42.5 Å². The molecular formula is C27H29N3O4S. The fraction of sp³-hybridized carbons (Fsp3) is 0.222. The fourth-order valence-electron chi connectivity index (χ4n) is 3.31. The number of methoxy groups -OCH3 is 2. The lowest BCUT2D eigenvalue weighted by Crippen LogP contribution is -2.34. The Hall–Kier alpha value is -3.91. The number of hydrogen-bond acceptors (Lipinski definition) is 5. The maximum Gasteiger partial charge on any atom is 0.257 e. The van der Waals surface area contributed by atoms with Crippen LogP contribution in [-0.4, -0.2) is 31.1 Å². The number of nitrogens with one attached hydrogen (secondary N) is 3. The molecule has 8 heteroatoms. The second-order valence-electron chi connectivity index (χ2n) is 8.84. The third-order valence-corrected chi connectivity index (χ3v) is 5.47. The summed E-state index contributed by atoms with van der Waals surface area (Å²) in [6.45, 7) is 6.38. The molecule has 0 aliphatic rings. The number of anilines is 2. The van der Waals surface area contributed by atoms with Gasteiger partial charge in [-0.15, -0.1) is 0 Å². The molecule has 0 saturated heterocycles. The van der Waals surface area contributed by atoms with Gasteiger partial charge in [0, 0.05) is 22.5 Å². The average molecular weight is 492 g/mol. The first-order chi connectivity index (χ1) is 16.6. The minimum atomic E-state index is -0.397. The first-order valence-electron chi connectivity index (χ1n) is 11.0. The number of benzene rings is 3. The third kappa shape index (κ3) is 6.80. The van der Waals surface area contributed by atoms with E-state index in [2.05, 4.69) is 36.7 Å². The van der Waals surface area contributed by atoms with E-state index in [-0.39, 0.29) is 16.4 Å². The predicted octanol–water partition coefficient (Wildman–Crippen LogP) is 5.38. The Labute approximate surface area is 210 Å². The fourth-order valence-corrected chi connectivity index (χ4v) is 3.53. The summed E-state index contributed by atoms with van der Waals surface area (Å²) in [5.41, 5.74) is 3.31. The van der Waals surface area contributed by atoms with Crippen molar-refractivity contribution in [1.29, 1.82) is 0 Å². The van der Waals surface area contributed by atoms with Crippen LogP contribution in [0.2, 0.25) is 0 Å². The lowest BCUT2D eigenvalue weighted by atomic mass is 9.87. The van der Waals surface area contributed by atoms with Crippen LogP contribution in [0.25, 0.3) is 0 Å². The van der Waals surface area contributed by atoms with E-state index >= 15 is 0 Å². The summed E-state index contributed by atoms with van der Waals surface area (Å²) in [6, 6.07) is 19.5. The van der Waals surface area contributed by atoms with E-state index in [4.69, 9.17) is 21.7 Å². The predicted molar refractivity (Wildman–Crippen MR) is 143 cm³/mol. The quantitative estimate of drug-likeness (QED) is 0.401. The van der Waals surface area contributed by atoms with Gasteiger partial charge in [0.2, 0.25) is 0 Å². The summed E-state index contributed by atoms with van der Waals surface area (Å²) < 4.78 is 10.4. The van der Waals surface area contributed by atoms with Crippen molar-refractivity contribution in [2.75, 3.05) is 24.9 Å². The SMILES string of the molecule is COc1ccc(C(=O)NC(=S)Nc2cccc(NC(=O)c3ccc(C(C)(C)C)cc3)c2)cc1OC. The second-order valence-corrected chi connectivity index (χ2v) is 9.25. The Bertz CT molecular complexity index is 1230. The van der Waals surface area contributed by atoms with Gasteiger partial charge in [-0.25, -0.2) is 0 Å². The number of carbonyl (C=O) groups excluding carboxylic acids is 2. The topological polar surface area (TPSA) is 88.7 Å². The Morgan fingerprint density at radius 3 is 1.94 bits per heavy atom. The van der Waals surface area contributed by atoms with Crippen molar-refractivity contribution < 1.29 is 19.1 Å².